The van der Waals surface area contributed by atoms with Crippen LogP contribution in [0.25, 0.3) is 22.1 Å². The van der Waals surface area contributed by atoms with Gasteiger partial charge in [-0.2, -0.15) is 0 Å². The third-order valence-electron chi connectivity index (χ3n) is 4.65. The number of hydrogen-bond donors (Lipinski definition) is 1. The van der Waals surface area contributed by atoms with Crippen LogP contribution in [0, 0.1) is 0 Å². The van der Waals surface area contributed by atoms with Gasteiger partial charge in [0.15, 0.2) is 0 Å². The van der Waals surface area contributed by atoms with Crippen LogP contribution in [-0.4, -0.2) is 18.6 Å². The summed E-state index contributed by atoms with van der Waals surface area (Å²) < 4.78 is 10.9. The van der Waals surface area contributed by atoms with Crippen LogP contribution < -0.4 is 10.1 Å². The molecule has 2 aromatic carbocycles. The summed E-state index contributed by atoms with van der Waals surface area (Å²) in [6, 6.07) is 18.6. The number of aryl methyl sites for hydroxylation is 1. The van der Waals surface area contributed by atoms with Gasteiger partial charge >= 0.3 is 0 Å². The standard InChI is InChI=1S/C23H22N2O2/c1-26-22-8-4-17(5-9-22)3-2-11-25-21-14-23(27-16-21)19-6-7-20-15-24-12-10-18(20)13-19/h4-10,12-16,25H,2-3,11H2,1H3. The van der Waals surface area contributed by atoms with Crippen molar-refractivity contribution in [3.63, 3.8) is 0 Å². The van der Waals surface area contributed by atoms with Crippen LogP contribution >= 0.6 is 0 Å². The summed E-state index contributed by atoms with van der Waals surface area (Å²) in [5, 5.41) is 5.73. The van der Waals surface area contributed by atoms with E-state index in [0.29, 0.717) is 0 Å². The number of fused-ring (bicyclic) bond motifs is 1. The highest BCUT2D eigenvalue weighted by atomic mass is 16.5. The van der Waals surface area contributed by atoms with Crippen molar-refractivity contribution >= 4 is 16.5 Å². The Morgan fingerprint density at radius 2 is 1.89 bits per heavy atom. The Balaban J connectivity index is 1.33. The summed E-state index contributed by atoms with van der Waals surface area (Å²) in [7, 11) is 1.69. The van der Waals surface area contributed by atoms with Gasteiger partial charge in [0.1, 0.15) is 17.8 Å². The molecule has 2 heterocycles. The molecule has 0 spiro atoms. The number of pyridine rings is 1. The van der Waals surface area contributed by atoms with Crippen molar-refractivity contribution in [3.05, 3.63) is 78.8 Å². The molecule has 0 fully saturated rings. The Morgan fingerprint density at radius 3 is 2.74 bits per heavy atom. The lowest BCUT2D eigenvalue weighted by molar-refractivity contribution is 0.414. The van der Waals surface area contributed by atoms with Crippen molar-refractivity contribution in [2.75, 3.05) is 19.0 Å². The number of benzene rings is 2. The maximum absolute atomic E-state index is 5.75. The highest BCUT2D eigenvalue weighted by Crippen LogP contribution is 2.27. The van der Waals surface area contributed by atoms with E-state index in [1.54, 1.807) is 13.4 Å². The van der Waals surface area contributed by atoms with Crippen molar-refractivity contribution in [3.8, 4) is 17.1 Å². The zero-order valence-corrected chi connectivity index (χ0v) is 15.3. The van der Waals surface area contributed by atoms with Gasteiger partial charge in [0.25, 0.3) is 0 Å². The maximum atomic E-state index is 5.75. The maximum Gasteiger partial charge on any atom is 0.136 e. The zero-order valence-electron chi connectivity index (χ0n) is 15.3. The Morgan fingerprint density at radius 1 is 1.00 bits per heavy atom. The molecule has 4 nitrogen and oxygen atoms in total. The van der Waals surface area contributed by atoms with E-state index < -0.39 is 0 Å². The first-order valence-corrected chi connectivity index (χ1v) is 9.11. The molecule has 0 bridgehead atoms. The minimum absolute atomic E-state index is 0.867. The summed E-state index contributed by atoms with van der Waals surface area (Å²) in [6.07, 6.45) is 7.54. The molecule has 0 atom stereocenters. The summed E-state index contributed by atoms with van der Waals surface area (Å²) in [5.74, 6) is 1.76. The summed E-state index contributed by atoms with van der Waals surface area (Å²) >= 11 is 0. The molecule has 0 unspecified atom stereocenters. The first-order valence-electron chi connectivity index (χ1n) is 9.11. The Labute approximate surface area is 158 Å². The van der Waals surface area contributed by atoms with Gasteiger partial charge in [-0.15, -0.1) is 0 Å². The number of anilines is 1. The van der Waals surface area contributed by atoms with E-state index in [9.17, 15) is 0 Å². The molecule has 4 aromatic rings. The second-order valence-electron chi connectivity index (χ2n) is 6.52. The van der Waals surface area contributed by atoms with Crippen molar-refractivity contribution in [1.82, 2.24) is 4.98 Å². The van der Waals surface area contributed by atoms with Crippen molar-refractivity contribution in [2.45, 2.75) is 12.8 Å². The topological polar surface area (TPSA) is 47.3 Å². The fourth-order valence-electron chi connectivity index (χ4n) is 3.13. The molecular formula is C23H22N2O2. The summed E-state index contributed by atoms with van der Waals surface area (Å²) in [4.78, 5) is 4.15. The Hall–Kier alpha value is -3.27. The molecule has 4 heteroatoms. The molecule has 0 aliphatic carbocycles. The lowest BCUT2D eigenvalue weighted by Gasteiger charge is -2.05. The molecule has 0 saturated heterocycles. The van der Waals surface area contributed by atoms with E-state index in [2.05, 4.69) is 46.7 Å². The summed E-state index contributed by atoms with van der Waals surface area (Å²) in [5.41, 5.74) is 3.39. The summed E-state index contributed by atoms with van der Waals surface area (Å²) in [6.45, 7) is 0.897. The van der Waals surface area contributed by atoms with Crippen LogP contribution in [0.15, 0.2) is 77.7 Å². The lowest BCUT2D eigenvalue weighted by atomic mass is 10.1. The average Bonchev–Trinajstić information content (AvgIpc) is 3.20. The highest BCUT2D eigenvalue weighted by Gasteiger charge is 2.06. The van der Waals surface area contributed by atoms with E-state index in [-0.39, 0.29) is 0 Å². The SMILES string of the molecule is COc1ccc(CCCNc2coc(-c3ccc4cnccc4c3)c2)cc1. The van der Waals surface area contributed by atoms with Crippen LogP contribution in [0.1, 0.15) is 12.0 Å². The van der Waals surface area contributed by atoms with Crippen LogP contribution in [-0.2, 0) is 6.42 Å². The van der Waals surface area contributed by atoms with Crippen molar-refractivity contribution < 1.29 is 9.15 Å². The molecule has 0 amide bonds. The molecule has 4 rings (SSSR count). The van der Waals surface area contributed by atoms with E-state index in [1.807, 2.05) is 30.6 Å². The van der Waals surface area contributed by atoms with Gasteiger partial charge in [0.05, 0.1) is 12.8 Å². The molecule has 0 radical (unpaired) electrons. The predicted molar refractivity (Wildman–Crippen MR) is 109 cm³/mol. The van der Waals surface area contributed by atoms with Crippen LogP contribution in [0.5, 0.6) is 5.75 Å². The number of methoxy groups -OCH3 is 1. The van der Waals surface area contributed by atoms with Gasteiger partial charge < -0.3 is 14.5 Å². The minimum atomic E-state index is 0.867. The molecule has 0 aliphatic rings. The molecule has 27 heavy (non-hydrogen) atoms. The monoisotopic (exact) mass is 358 g/mol. The second kappa shape index (κ2) is 7.96. The number of nitrogens with zero attached hydrogens (tertiary/aromatic N) is 1. The fraction of sp³-hybridized carbons (Fsp3) is 0.174. The molecular weight excluding hydrogens is 336 g/mol. The first-order chi connectivity index (χ1) is 13.3. The Kier molecular flexibility index (Phi) is 5.06. The van der Waals surface area contributed by atoms with Crippen molar-refractivity contribution in [2.24, 2.45) is 0 Å². The number of rotatable bonds is 7. The van der Waals surface area contributed by atoms with Gasteiger partial charge in [0, 0.05) is 36.0 Å². The number of nitrogens with one attached hydrogen (secondary N) is 1. The van der Waals surface area contributed by atoms with Crippen LogP contribution in [0.4, 0.5) is 5.69 Å². The van der Waals surface area contributed by atoms with Crippen LogP contribution in [0.2, 0.25) is 0 Å². The third kappa shape index (κ3) is 4.11. The van der Waals surface area contributed by atoms with E-state index in [4.69, 9.17) is 9.15 Å². The van der Waals surface area contributed by atoms with Gasteiger partial charge in [-0.25, -0.2) is 0 Å². The zero-order chi connectivity index (χ0) is 18.5. The number of hydrogen-bond acceptors (Lipinski definition) is 4. The molecule has 136 valence electrons. The predicted octanol–water partition coefficient (Wildman–Crippen LogP) is 5.55. The molecule has 1 N–H and O–H groups in total. The van der Waals surface area contributed by atoms with Crippen molar-refractivity contribution in [1.29, 1.82) is 0 Å². The number of ether oxygens (including phenoxy) is 1. The average molecular weight is 358 g/mol. The number of aromatic nitrogens is 1. The van der Waals surface area contributed by atoms with Gasteiger partial charge in [0.2, 0.25) is 0 Å². The lowest BCUT2D eigenvalue weighted by Crippen LogP contribution is -2.01. The van der Waals surface area contributed by atoms with Gasteiger partial charge in [-0.05, 0) is 48.1 Å². The molecule has 0 aliphatic heterocycles. The molecule has 0 saturated carbocycles. The normalized spacial score (nSPS) is 10.9. The van der Waals surface area contributed by atoms with Crippen LogP contribution in [0.3, 0.4) is 0 Å². The highest BCUT2D eigenvalue weighted by molar-refractivity contribution is 5.86. The quantitative estimate of drug-likeness (QED) is 0.440. The Bertz CT molecular complexity index is 1020. The number of furan rings is 1. The fourth-order valence-corrected chi connectivity index (χ4v) is 3.13. The smallest absolute Gasteiger partial charge is 0.136 e. The van der Waals surface area contributed by atoms with Gasteiger partial charge in [-0.1, -0.05) is 24.3 Å². The van der Waals surface area contributed by atoms with E-state index in [0.717, 1.165) is 52.9 Å². The first kappa shape index (κ1) is 17.2. The molecule has 2 aromatic heterocycles. The largest absolute Gasteiger partial charge is 0.497 e. The second-order valence-corrected chi connectivity index (χ2v) is 6.52. The van der Waals surface area contributed by atoms with E-state index >= 15 is 0 Å². The minimum Gasteiger partial charge on any atom is -0.497 e. The third-order valence-corrected chi connectivity index (χ3v) is 4.65. The van der Waals surface area contributed by atoms with E-state index in [1.165, 1.54) is 5.56 Å². The van der Waals surface area contributed by atoms with Gasteiger partial charge in [-0.3, -0.25) is 4.98 Å².